The molecule has 1 amide bonds. The second-order valence-electron chi connectivity index (χ2n) is 23.7. The molecule has 11 aromatic carbocycles. The second kappa shape index (κ2) is 45.7. The molecule has 0 fully saturated rings. The maximum absolute atomic E-state index is 13.1. The van der Waals surface area contributed by atoms with Crippen molar-refractivity contribution in [3.05, 3.63) is 372 Å². The number of hydrogen-bond donors (Lipinski definition) is 1. The number of nitriles is 1. The molecule has 640 valence electrons. The SMILES string of the molecule is C/C(=N\OS(=O)c1cccc2ccccc12)c1ccccc1.COc1ccc(/C(C)=N/OS(=O)c2ccccc2)cc1.N#C/C(=N\OS(=O)(=O)C(F)(F)F)c1ccccc1.O=C(N/C(=N\OS(=O)(=O)c1ccccc1)c1cccc(C(F)(F)F)c1)c1ccccc1.O=S(=O)(O/N=C(\c1ccccc1)c1ccccn1)c1ccccc1.O=S(=O)([O-])C(F)(F)F.[H+]. The van der Waals surface area contributed by atoms with Crippen LogP contribution in [-0.4, -0.2) is 104 Å². The zero-order valence-electron chi connectivity index (χ0n) is 64.5. The number of nitrogens with zero attached hydrogens (tertiary/aromatic N) is 7. The number of aromatic nitrogens is 1. The topological polar surface area (TPSA) is 377 Å². The van der Waals surface area contributed by atoms with E-state index >= 15 is 0 Å². The third kappa shape index (κ3) is 30.8. The van der Waals surface area contributed by atoms with E-state index in [0.717, 1.165) is 45.8 Å². The smallest absolute Gasteiger partial charge is 0.741 e. The van der Waals surface area contributed by atoms with Crippen LogP contribution in [0.15, 0.2) is 373 Å². The molecule has 0 bridgehead atoms. The minimum Gasteiger partial charge on any atom is -0.741 e. The molecule has 1 heterocycles. The Morgan fingerprint density at radius 1 is 0.455 bits per heavy atom. The summed E-state index contributed by atoms with van der Waals surface area (Å²) in [6.07, 6.45) is -3.04. The number of pyridine rings is 1. The van der Waals surface area contributed by atoms with E-state index in [9.17, 15) is 78.0 Å². The maximum Gasteiger partial charge on any atom is 1.00 e. The molecular weight excluding hydrogens is 1750 g/mol. The van der Waals surface area contributed by atoms with Crippen molar-refractivity contribution in [3.8, 4) is 11.8 Å². The number of rotatable bonds is 22. The summed E-state index contributed by atoms with van der Waals surface area (Å²) in [4.78, 5) is 17.8. The van der Waals surface area contributed by atoms with E-state index in [1.165, 1.54) is 84.9 Å². The molecule has 1 aromatic heterocycles. The first-order valence-corrected chi connectivity index (χ1v) is 42.3. The fourth-order valence-corrected chi connectivity index (χ4v) is 12.4. The summed E-state index contributed by atoms with van der Waals surface area (Å²) in [5, 5.41) is 30.8. The highest BCUT2D eigenvalue weighted by molar-refractivity contribution is 7.88. The molecule has 12 rings (SSSR count). The molecule has 2 atom stereocenters. The van der Waals surface area contributed by atoms with E-state index in [0.29, 0.717) is 38.2 Å². The number of alkyl halides is 9. The average molecular weight is 1810 g/mol. The van der Waals surface area contributed by atoms with Crippen LogP contribution in [0.25, 0.3) is 10.8 Å². The molecule has 0 aliphatic rings. The highest BCUT2D eigenvalue weighted by atomic mass is 32.2. The second-order valence-corrected chi connectivity index (χ2v) is 31.8. The van der Waals surface area contributed by atoms with Crippen molar-refractivity contribution < 1.29 is 119 Å². The number of amides is 1. The summed E-state index contributed by atoms with van der Waals surface area (Å²) in [5.41, 5.74) is -7.95. The Morgan fingerprint density at radius 2 is 0.878 bits per heavy atom. The van der Waals surface area contributed by atoms with E-state index in [1.807, 2.05) is 134 Å². The third-order valence-corrected chi connectivity index (χ3v) is 20.6. The first-order valence-electron chi connectivity index (χ1n) is 34.5. The predicted octanol–water partition coefficient (Wildman–Crippen LogP) is 16.8. The number of hydrogen-bond acceptors (Lipinski definition) is 25. The van der Waals surface area contributed by atoms with Crippen LogP contribution >= 0.6 is 0 Å². The summed E-state index contributed by atoms with van der Waals surface area (Å²) in [6, 6.07) is 89.3. The number of amidine groups is 1. The van der Waals surface area contributed by atoms with Gasteiger partial charge in [0.2, 0.25) is 0 Å². The largest absolute Gasteiger partial charge is 1.00 e. The number of nitrogens with one attached hydrogen (secondary N) is 1. The Morgan fingerprint density at radius 3 is 1.36 bits per heavy atom. The summed E-state index contributed by atoms with van der Waals surface area (Å²) in [5.74, 6) is -0.438. The van der Waals surface area contributed by atoms with Gasteiger partial charge in [-0.3, -0.25) is 31.2 Å². The molecule has 0 saturated heterocycles. The molecule has 2 unspecified atom stereocenters. The summed E-state index contributed by atoms with van der Waals surface area (Å²) in [6.45, 7) is 3.62. The Balaban J connectivity index is 0.000000236. The van der Waals surface area contributed by atoms with E-state index in [2.05, 4.69) is 44.6 Å². The summed E-state index contributed by atoms with van der Waals surface area (Å²) < 4.78 is 257. The first kappa shape index (κ1) is 96.5. The summed E-state index contributed by atoms with van der Waals surface area (Å²) in [7, 11) is -18.7. The van der Waals surface area contributed by atoms with Gasteiger partial charge in [-0.1, -0.05) is 239 Å². The number of ether oxygens (including phenoxy) is 1. The highest BCUT2D eigenvalue weighted by Crippen LogP contribution is 2.31. The number of carbonyl (C=O) groups excluding carboxylic acids is 1. The van der Waals surface area contributed by atoms with Crippen LogP contribution in [-0.2, 0) is 90.2 Å². The summed E-state index contributed by atoms with van der Waals surface area (Å²) >= 11 is -3.24. The van der Waals surface area contributed by atoms with Crippen LogP contribution in [0.3, 0.4) is 0 Å². The van der Waals surface area contributed by atoms with Crippen molar-refractivity contribution in [2.45, 2.75) is 50.6 Å². The average Bonchev–Trinajstić information content (AvgIpc) is 0.821. The van der Waals surface area contributed by atoms with Crippen molar-refractivity contribution in [2.24, 2.45) is 25.8 Å². The van der Waals surface area contributed by atoms with Crippen LogP contribution in [0, 0.1) is 11.3 Å². The van der Waals surface area contributed by atoms with Crippen molar-refractivity contribution in [3.63, 3.8) is 0 Å². The van der Waals surface area contributed by atoms with Gasteiger partial charge in [-0.2, -0.15) is 70.0 Å². The lowest BCUT2D eigenvalue weighted by atomic mass is 10.1. The Bertz CT molecular complexity index is 6190. The molecule has 0 saturated carbocycles. The standard InChI is InChI=1S/C21H15F3N2O4S.C18H14N2O3S.C18H15NO2S.C15H15NO3S.C9H5F3N2O3S.CHF3O3S/c22-21(23,24)17-11-7-10-16(14-17)19(25-20(27)15-8-3-1-4-9-15)26-30-31(28,29)18-12-5-2-6-13-18;21-24(22,16-11-5-2-6-12-16)23-20-18(15-9-3-1-4-10-15)17-13-7-8-14-19-17;1-14(15-8-3-2-4-9-15)19-21-22(20)18-13-7-11-16-10-5-6-12-17(16)18;1-12(13-8-10-14(18-2)11-9-13)16-19-20(17)15-6-4-3-5-7-15;10-9(11,12)18(15,16)17-14-8(6-13)7-4-2-1-3-5-7;2-1(3,4)8(5,6)7/h1-14H,(H,25,26,27);1-14H;2-13H,1H3;3-11H,1-2H3;1-5H;(H,5,6,7)/b;20-18+;19-14+;16-12+;14-8+;. The molecule has 0 aliphatic carbocycles. The van der Waals surface area contributed by atoms with Crippen molar-refractivity contribution in [1.82, 2.24) is 10.3 Å². The zero-order chi connectivity index (χ0) is 89.9. The Labute approximate surface area is 705 Å². The van der Waals surface area contributed by atoms with Crippen molar-refractivity contribution >= 4 is 108 Å². The lowest BCUT2D eigenvalue weighted by Crippen LogP contribution is -2.32. The van der Waals surface area contributed by atoms with Gasteiger partial charge < -0.3 is 14.6 Å². The van der Waals surface area contributed by atoms with Crippen LogP contribution in [0.1, 0.15) is 64.7 Å². The molecule has 1 N–H and O–H groups in total. The molecule has 12 aromatic rings. The molecule has 41 heteroatoms. The molecule has 123 heavy (non-hydrogen) atoms. The number of halogens is 9. The Hall–Kier alpha value is -13.6. The van der Waals surface area contributed by atoms with E-state index in [-0.39, 0.29) is 27.9 Å². The van der Waals surface area contributed by atoms with Gasteiger partial charge in [-0.25, -0.2) is 16.8 Å². The normalized spacial score (nSPS) is 12.6. The monoisotopic (exact) mass is 1810 g/mol. The van der Waals surface area contributed by atoms with Crippen LogP contribution in [0.4, 0.5) is 39.5 Å². The third-order valence-electron chi connectivity index (χ3n) is 15.2. The molecule has 26 nitrogen and oxygen atoms in total. The Kier molecular flexibility index (Phi) is 35.8. The number of methoxy groups -OCH3 is 1. The van der Waals surface area contributed by atoms with Crippen molar-refractivity contribution in [2.75, 3.05) is 7.11 Å². The first-order chi connectivity index (χ1) is 58.3. The van der Waals surface area contributed by atoms with E-state index < -0.39 is 103 Å². The molecule has 0 radical (unpaired) electrons. The predicted molar refractivity (Wildman–Crippen MR) is 438 cm³/mol. The number of oxime groups is 5. The molecule has 0 aliphatic heterocycles. The number of carbonyl (C=O) groups is 1. The highest BCUT2D eigenvalue weighted by Gasteiger charge is 2.49. The maximum atomic E-state index is 13.1. The minimum atomic E-state index is -6.09. The number of benzene rings is 11. The zero-order valence-corrected chi connectivity index (χ0v) is 68.4. The lowest BCUT2D eigenvalue weighted by Gasteiger charge is -2.12. The van der Waals surface area contributed by atoms with Crippen LogP contribution in [0.5, 0.6) is 5.75 Å². The molecule has 0 spiro atoms. The quantitative estimate of drug-likeness (QED) is 0.0164. The van der Waals surface area contributed by atoms with Gasteiger partial charge in [-0.05, 0) is 139 Å². The minimum absolute atomic E-state index is 0. The molecular formula is C82H65F9N8O18S6. The van der Waals surface area contributed by atoms with Gasteiger partial charge in [0, 0.05) is 33.8 Å². The number of fused-ring (bicyclic) bond motifs is 1. The van der Waals surface area contributed by atoms with Gasteiger partial charge in [-0.15, -0.1) is 0 Å². The van der Waals surface area contributed by atoms with Gasteiger partial charge in [0.05, 0.1) is 39.6 Å². The fraction of sp³-hybridized carbons (Fsp3) is 0.0732. The van der Waals surface area contributed by atoms with Crippen LogP contribution in [0.2, 0.25) is 0 Å². The van der Waals surface area contributed by atoms with Gasteiger partial charge in [0.1, 0.15) is 27.3 Å². The fourth-order valence-electron chi connectivity index (χ4n) is 9.15. The van der Waals surface area contributed by atoms with Gasteiger partial charge in [0.25, 0.3) is 28.1 Å². The van der Waals surface area contributed by atoms with Crippen LogP contribution < -0.4 is 10.1 Å². The van der Waals surface area contributed by atoms with Gasteiger partial charge in [0.15, 0.2) is 21.7 Å². The lowest BCUT2D eigenvalue weighted by molar-refractivity contribution is -0.137. The van der Waals surface area contributed by atoms with Crippen molar-refractivity contribution in [1.29, 1.82) is 5.26 Å². The van der Waals surface area contributed by atoms with E-state index in [4.69, 9.17) is 35.8 Å². The van der Waals surface area contributed by atoms with Gasteiger partial charge >= 0.3 is 49.0 Å². The van der Waals surface area contributed by atoms with E-state index in [1.54, 1.807) is 117 Å².